The predicted octanol–water partition coefficient (Wildman–Crippen LogP) is 4.52. The smallest absolute Gasteiger partial charge is 0.238 e. The number of allylic oxidation sites excluding steroid dienone is 3. The second-order valence-corrected chi connectivity index (χ2v) is 11.3. The largest absolute Gasteiger partial charge is 0.370 e. The van der Waals surface area contributed by atoms with Crippen LogP contribution in [0.5, 0.6) is 0 Å². The summed E-state index contributed by atoms with van der Waals surface area (Å²) in [6, 6.07) is 0.204. The molecule has 0 aromatic heterocycles. The molecular formula is C28H45N5O. The minimum absolute atomic E-state index is 0.199. The fraction of sp³-hybridized carbons (Fsp3) is 0.714. The number of piperidine rings is 1. The van der Waals surface area contributed by atoms with Crippen molar-refractivity contribution >= 4 is 12.1 Å². The topological polar surface area (TPSA) is 51.0 Å². The molecule has 0 radical (unpaired) electrons. The van der Waals surface area contributed by atoms with Crippen LogP contribution in [0.3, 0.4) is 0 Å². The third kappa shape index (κ3) is 5.59. The number of hydrogen-bond donors (Lipinski definition) is 1. The van der Waals surface area contributed by atoms with E-state index in [2.05, 4.69) is 48.0 Å². The number of carbonyl (C=O) groups excluding carboxylic acids is 1. The lowest BCUT2D eigenvalue weighted by molar-refractivity contribution is -0.136. The van der Waals surface area contributed by atoms with Crippen molar-refractivity contribution in [3.63, 3.8) is 0 Å². The molecule has 2 fully saturated rings. The van der Waals surface area contributed by atoms with Gasteiger partial charge in [-0.2, -0.15) is 0 Å². The molecule has 0 saturated carbocycles. The van der Waals surface area contributed by atoms with Crippen molar-refractivity contribution < 1.29 is 4.79 Å². The molecule has 1 N–H and O–H groups in total. The number of nitrogens with one attached hydrogen (secondary N) is 1. The zero-order chi connectivity index (χ0) is 24.3. The second-order valence-electron chi connectivity index (χ2n) is 11.3. The normalized spacial score (nSPS) is 26.6. The van der Waals surface area contributed by atoms with Gasteiger partial charge in [0, 0.05) is 43.2 Å². The summed E-state index contributed by atoms with van der Waals surface area (Å²) in [5.74, 6) is 1.92. The number of aliphatic imine (C=N–C) groups is 1. The SMILES string of the molecule is CC[C@H](C)N1C(=O)C(C)(C)C(/C=N\CNC2=CC=C(CN3CCCCC3)CC(C)C2)=C1N1CC1. The van der Waals surface area contributed by atoms with Crippen molar-refractivity contribution in [2.24, 2.45) is 16.3 Å². The van der Waals surface area contributed by atoms with E-state index >= 15 is 0 Å². The second kappa shape index (κ2) is 10.7. The molecule has 4 aliphatic rings. The van der Waals surface area contributed by atoms with Crippen molar-refractivity contribution in [2.45, 2.75) is 79.2 Å². The van der Waals surface area contributed by atoms with E-state index in [1.807, 2.05) is 25.0 Å². The Kier molecular flexibility index (Phi) is 7.86. The molecule has 0 aromatic rings. The van der Waals surface area contributed by atoms with E-state index in [1.54, 1.807) is 5.57 Å². The summed E-state index contributed by atoms with van der Waals surface area (Å²) in [6.45, 7) is 16.9. The molecule has 1 amide bonds. The van der Waals surface area contributed by atoms with Gasteiger partial charge < -0.3 is 10.2 Å². The molecule has 0 bridgehead atoms. The Morgan fingerprint density at radius 3 is 2.56 bits per heavy atom. The number of likely N-dealkylation sites (tertiary alicyclic amines) is 1. The van der Waals surface area contributed by atoms with Crippen LogP contribution in [0.25, 0.3) is 0 Å². The number of hydrogen-bond acceptors (Lipinski definition) is 5. The Labute approximate surface area is 206 Å². The third-order valence-electron chi connectivity index (χ3n) is 7.87. The zero-order valence-electron chi connectivity index (χ0n) is 22.1. The van der Waals surface area contributed by atoms with Gasteiger partial charge in [0.2, 0.25) is 5.91 Å². The van der Waals surface area contributed by atoms with Gasteiger partial charge in [-0.3, -0.25) is 19.6 Å². The van der Waals surface area contributed by atoms with Gasteiger partial charge in [0.05, 0.1) is 5.41 Å². The van der Waals surface area contributed by atoms with Crippen LogP contribution in [0.4, 0.5) is 0 Å². The summed E-state index contributed by atoms with van der Waals surface area (Å²) in [7, 11) is 0. The van der Waals surface area contributed by atoms with Gasteiger partial charge in [0.15, 0.2) is 0 Å². The lowest BCUT2D eigenvalue weighted by Gasteiger charge is -2.28. The Bertz CT molecular complexity index is 873. The first kappa shape index (κ1) is 25.0. The lowest BCUT2D eigenvalue weighted by Crippen LogP contribution is -2.40. The Balaban J connectivity index is 1.41. The summed E-state index contributed by atoms with van der Waals surface area (Å²) in [4.78, 5) is 25.0. The van der Waals surface area contributed by atoms with E-state index in [0.717, 1.165) is 43.9 Å². The molecule has 188 valence electrons. The van der Waals surface area contributed by atoms with Crippen molar-refractivity contribution in [3.05, 3.63) is 34.8 Å². The molecule has 6 heteroatoms. The molecule has 1 aliphatic carbocycles. The van der Waals surface area contributed by atoms with Gasteiger partial charge in [-0.05, 0) is 78.0 Å². The summed E-state index contributed by atoms with van der Waals surface area (Å²) in [6.07, 6.45) is 13.8. The van der Waals surface area contributed by atoms with Crippen LogP contribution in [0.15, 0.2) is 39.8 Å². The number of amides is 1. The first-order valence-electron chi connectivity index (χ1n) is 13.5. The van der Waals surface area contributed by atoms with Crippen molar-refractivity contribution in [1.29, 1.82) is 0 Å². The lowest BCUT2D eigenvalue weighted by atomic mass is 9.86. The van der Waals surface area contributed by atoms with Crippen LogP contribution in [0, 0.1) is 11.3 Å². The summed E-state index contributed by atoms with van der Waals surface area (Å²) >= 11 is 0. The van der Waals surface area contributed by atoms with Crippen LogP contribution >= 0.6 is 0 Å². The van der Waals surface area contributed by atoms with E-state index in [0.29, 0.717) is 12.6 Å². The Morgan fingerprint density at radius 2 is 1.88 bits per heavy atom. The quantitative estimate of drug-likeness (QED) is 0.400. The van der Waals surface area contributed by atoms with Gasteiger partial charge in [-0.1, -0.05) is 31.9 Å². The molecule has 3 heterocycles. The molecule has 0 spiro atoms. The maximum absolute atomic E-state index is 13.3. The highest BCUT2D eigenvalue weighted by atomic mass is 16.2. The molecule has 6 nitrogen and oxygen atoms in total. The summed E-state index contributed by atoms with van der Waals surface area (Å²) in [5.41, 5.74) is 3.34. The number of carbonyl (C=O) groups is 1. The fourth-order valence-corrected chi connectivity index (χ4v) is 5.50. The first-order valence-corrected chi connectivity index (χ1v) is 13.5. The van der Waals surface area contributed by atoms with Gasteiger partial charge >= 0.3 is 0 Å². The van der Waals surface area contributed by atoms with E-state index in [9.17, 15) is 4.79 Å². The van der Waals surface area contributed by atoms with E-state index < -0.39 is 5.41 Å². The average molecular weight is 468 g/mol. The summed E-state index contributed by atoms with van der Waals surface area (Å²) in [5, 5.41) is 3.55. The molecule has 34 heavy (non-hydrogen) atoms. The number of nitrogens with zero attached hydrogens (tertiary/aromatic N) is 4. The van der Waals surface area contributed by atoms with Crippen LogP contribution in [0.2, 0.25) is 0 Å². The minimum Gasteiger partial charge on any atom is -0.370 e. The predicted molar refractivity (Wildman–Crippen MR) is 140 cm³/mol. The Morgan fingerprint density at radius 1 is 1.15 bits per heavy atom. The molecule has 0 aromatic carbocycles. The van der Waals surface area contributed by atoms with Crippen LogP contribution in [-0.2, 0) is 4.79 Å². The van der Waals surface area contributed by atoms with Crippen LogP contribution in [-0.4, -0.2) is 72.3 Å². The van der Waals surface area contributed by atoms with Gasteiger partial charge in [0.25, 0.3) is 0 Å². The maximum atomic E-state index is 13.3. The van der Waals surface area contributed by atoms with E-state index in [-0.39, 0.29) is 11.9 Å². The monoisotopic (exact) mass is 467 g/mol. The average Bonchev–Trinajstić information content (AvgIpc) is 3.64. The standard InChI is InChI=1S/C28H45N5O/c1-6-22(3)33-26(32-14-15-32)25(28(4,5)27(33)34)18-29-20-30-24-11-10-23(16-21(2)17-24)19-31-12-8-7-9-13-31/h10-11,18,21-22,30H,6-9,12-17,19-20H2,1-5H3/b29-18-/t21?,22-/m0/s1. The van der Waals surface area contributed by atoms with E-state index in [4.69, 9.17) is 4.99 Å². The maximum Gasteiger partial charge on any atom is 0.238 e. The first-order chi connectivity index (χ1) is 16.3. The highest BCUT2D eigenvalue weighted by Gasteiger charge is 2.49. The van der Waals surface area contributed by atoms with Crippen molar-refractivity contribution in [2.75, 3.05) is 39.4 Å². The molecular weight excluding hydrogens is 422 g/mol. The molecule has 3 aliphatic heterocycles. The highest BCUT2D eigenvalue weighted by molar-refractivity contribution is 6.00. The van der Waals surface area contributed by atoms with Crippen LogP contribution in [0.1, 0.15) is 73.1 Å². The van der Waals surface area contributed by atoms with Crippen molar-refractivity contribution in [3.8, 4) is 0 Å². The minimum atomic E-state index is -0.535. The van der Waals surface area contributed by atoms with Gasteiger partial charge in [-0.25, -0.2) is 0 Å². The van der Waals surface area contributed by atoms with Crippen LogP contribution < -0.4 is 5.32 Å². The fourth-order valence-electron chi connectivity index (χ4n) is 5.50. The molecule has 2 saturated heterocycles. The highest BCUT2D eigenvalue weighted by Crippen LogP contribution is 2.43. The zero-order valence-corrected chi connectivity index (χ0v) is 22.1. The Hall–Kier alpha value is -2.08. The summed E-state index contributed by atoms with van der Waals surface area (Å²) < 4.78 is 0. The molecule has 1 unspecified atom stereocenters. The number of rotatable bonds is 9. The molecule has 4 rings (SSSR count). The van der Waals surface area contributed by atoms with Crippen molar-refractivity contribution in [1.82, 2.24) is 20.0 Å². The molecule has 2 atom stereocenters. The van der Waals surface area contributed by atoms with E-state index in [1.165, 1.54) is 44.5 Å². The van der Waals surface area contributed by atoms with Gasteiger partial charge in [0.1, 0.15) is 12.5 Å². The van der Waals surface area contributed by atoms with Gasteiger partial charge in [-0.15, -0.1) is 0 Å². The third-order valence-corrected chi connectivity index (χ3v) is 7.87.